The second kappa shape index (κ2) is 9.02. The van der Waals surface area contributed by atoms with E-state index in [-0.39, 0.29) is 13.2 Å². The molecule has 0 aromatic heterocycles. The number of nitrogen functional groups attached to an aromatic ring is 4. The minimum absolute atomic E-state index is 0.0450. The molecule has 0 aliphatic carbocycles. The third-order valence-electron chi connectivity index (χ3n) is 3.77. The van der Waals surface area contributed by atoms with Gasteiger partial charge in [-0.1, -0.05) is 0 Å². The van der Waals surface area contributed by atoms with Crippen LogP contribution in [0.3, 0.4) is 0 Å². The maximum absolute atomic E-state index is 10.00. The third kappa shape index (κ3) is 5.91. The highest BCUT2D eigenvalue weighted by Gasteiger charge is 2.13. The third-order valence-corrected chi connectivity index (χ3v) is 3.77. The fourth-order valence-electron chi connectivity index (χ4n) is 2.28. The monoisotopic (exact) mass is 362 g/mol. The number of hydrogen-bond acceptors (Lipinski definition) is 8. The van der Waals surface area contributed by atoms with Crippen LogP contribution in [0.4, 0.5) is 22.7 Å². The lowest BCUT2D eigenvalue weighted by atomic mass is 10.1. The molecule has 2 unspecified atom stereocenters. The van der Waals surface area contributed by atoms with E-state index in [0.29, 0.717) is 47.1 Å². The lowest BCUT2D eigenvalue weighted by Crippen LogP contribution is -2.23. The number of rotatable bonds is 9. The summed E-state index contributed by atoms with van der Waals surface area (Å²) in [5, 5.41) is 20.0. The molecular weight excluding hydrogens is 336 g/mol. The molecule has 0 fully saturated rings. The predicted molar refractivity (Wildman–Crippen MR) is 103 cm³/mol. The zero-order chi connectivity index (χ0) is 19.1. The molecule has 0 spiro atoms. The van der Waals surface area contributed by atoms with Gasteiger partial charge in [-0.3, -0.25) is 0 Å². The zero-order valence-electron chi connectivity index (χ0n) is 14.5. The van der Waals surface area contributed by atoms with Crippen molar-refractivity contribution in [3.05, 3.63) is 36.4 Å². The van der Waals surface area contributed by atoms with Gasteiger partial charge in [-0.05, 0) is 37.1 Å². The molecule has 0 heterocycles. The van der Waals surface area contributed by atoms with Gasteiger partial charge in [0.05, 0.1) is 23.6 Å². The van der Waals surface area contributed by atoms with Crippen LogP contribution in [0.5, 0.6) is 11.5 Å². The van der Waals surface area contributed by atoms with Gasteiger partial charge in [-0.2, -0.15) is 0 Å². The van der Waals surface area contributed by atoms with Gasteiger partial charge in [0.2, 0.25) is 0 Å². The van der Waals surface area contributed by atoms with E-state index in [1.165, 1.54) is 0 Å². The highest BCUT2D eigenvalue weighted by atomic mass is 16.5. The normalized spacial score (nSPS) is 13.2. The molecule has 0 aliphatic rings. The summed E-state index contributed by atoms with van der Waals surface area (Å²) in [6.07, 6.45) is -0.857. The van der Waals surface area contributed by atoms with Crippen molar-refractivity contribution in [1.82, 2.24) is 0 Å². The van der Waals surface area contributed by atoms with E-state index in [9.17, 15) is 10.2 Å². The molecule has 142 valence electrons. The van der Waals surface area contributed by atoms with Crippen LogP contribution in [0, 0.1) is 0 Å². The first kappa shape index (κ1) is 19.5. The Morgan fingerprint density at radius 2 is 1.08 bits per heavy atom. The highest BCUT2D eigenvalue weighted by Crippen LogP contribution is 2.25. The fraction of sp³-hybridized carbons (Fsp3) is 0.333. The summed E-state index contributed by atoms with van der Waals surface area (Å²) in [4.78, 5) is 0. The Kier molecular flexibility index (Phi) is 6.76. The molecular formula is C18H26N4O4. The van der Waals surface area contributed by atoms with E-state index in [4.69, 9.17) is 32.4 Å². The average molecular weight is 362 g/mol. The Morgan fingerprint density at radius 1 is 0.692 bits per heavy atom. The summed E-state index contributed by atoms with van der Waals surface area (Å²) >= 11 is 0. The molecule has 2 aromatic carbocycles. The van der Waals surface area contributed by atoms with Gasteiger partial charge in [0.1, 0.15) is 24.7 Å². The number of anilines is 4. The van der Waals surface area contributed by atoms with Crippen LogP contribution in [0.2, 0.25) is 0 Å². The maximum Gasteiger partial charge on any atom is 0.144 e. The smallest absolute Gasteiger partial charge is 0.144 e. The Hall–Kier alpha value is -2.84. The van der Waals surface area contributed by atoms with Crippen LogP contribution >= 0.6 is 0 Å². The van der Waals surface area contributed by atoms with E-state index < -0.39 is 12.2 Å². The second-order valence-corrected chi connectivity index (χ2v) is 6.10. The number of aliphatic hydroxyl groups excluding tert-OH is 2. The number of benzene rings is 2. The Bertz CT molecular complexity index is 665. The van der Waals surface area contributed by atoms with Gasteiger partial charge < -0.3 is 42.6 Å². The Morgan fingerprint density at radius 3 is 1.46 bits per heavy atom. The van der Waals surface area contributed by atoms with Crippen molar-refractivity contribution in [2.75, 3.05) is 36.1 Å². The second-order valence-electron chi connectivity index (χ2n) is 6.10. The molecule has 0 saturated heterocycles. The van der Waals surface area contributed by atoms with E-state index in [1.807, 2.05) is 0 Å². The first-order valence-corrected chi connectivity index (χ1v) is 8.27. The summed E-state index contributed by atoms with van der Waals surface area (Å²) in [7, 11) is 0. The largest absolute Gasteiger partial charge is 0.489 e. The van der Waals surface area contributed by atoms with Crippen molar-refractivity contribution in [2.45, 2.75) is 25.0 Å². The zero-order valence-corrected chi connectivity index (χ0v) is 14.5. The quantitative estimate of drug-likeness (QED) is 0.359. The van der Waals surface area contributed by atoms with Gasteiger partial charge in [0.15, 0.2) is 0 Å². The van der Waals surface area contributed by atoms with Crippen LogP contribution in [-0.4, -0.2) is 35.6 Å². The standard InChI is InChI=1S/C18H26N4O4/c19-11-1-5-15(21)17(7-11)25-9-13(23)3-4-14(24)10-26-18-8-12(20)2-6-16(18)22/h1-2,5-8,13-14,23-24H,3-4,9-10,19-22H2. The van der Waals surface area contributed by atoms with E-state index in [0.717, 1.165) is 0 Å². The van der Waals surface area contributed by atoms with Crippen LogP contribution in [-0.2, 0) is 0 Å². The fourth-order valence-corrected chi connectivity index (χ4v) is 2.28. The lowest BCUT2D eigenvalue weighted by molar-refractivity contribution is 0.0594. The van der Waals surface area contributed by atoms with Crippen LogP contribution in [0.25, 0.3) is 0 Å². The first-order valence-electron chi connectivity index (χ1n) is 8.27. The average Bonchev–Trinajstić information content (AvgIpc) is 2.61. The summed E-state index contributed by atoms with van der Waals surface area (Å²) in [6.45, 7) is 0.0901. The lowest BCUT2D eigenvalue weighted by Gasteiger charge is -2.17. The molecule has 2 rings (SSSR count). The minimum Gasteiger partial charge on any atom is -0.489 e. The number of hydrogen-bond donors (Lipinski definition) is 6. The minimum atomic E-state index is -0.761. The number of nitrogens with two attached hydrogens (primary N) is 4. The summed E-state index contributed by atoms with van der Waals surface area (Å²) in [5.41, 5.74) is 24.8. The molecule has 8 nitrogen and oxygen atoms in total. The number of aliphatic hydroxyl groups is 2. The van der Waals surface area contributed by atoms with E-state index >= 15 is 0 Å². The van der Waals surface area contributed by atoms with Crippen molar-refractivity contribution in [3.63, 3.8) is 0 Å². The summed E-state index contributed by atoms with van der Waals surface area (Å²) in [6, 6.07) is 9.81. The van der Waals surface area contributed by atoms with E-state index in [2.05, 4.69) is 0 Å². The predicted octanol–water partition coefficient (Wildman–Crippen LogP) is 0.975. The maximum atomic E-state index is 10.00. The molecule has 8 heteroatoms. The van der Waals surface area contributed by atoms with Gasteiger partial charge >= 0.3 is 0 Å². The van der Waals surface area contributed by atoms with Crippen molar-refractivity contribution < 1.29 is 19.7 Å². The van der Waals surface area contributed by atoms with Crippen molar-refractivity contribution in [3.8, 4) is 11.5 Å². The molecule has 0 amide bonds. The molecule has 10 N–H and O–H groups in total. The molecule has 0 radical (unpaired) electrons. The highest BCUT2D eigenvalue weighted by molar-refractivity contribution is 5.60. The summed E-state index contributed by atoms with van der Waals surface area (Å²) < 4.78 is 10.9. The van der Waals surface area contributed by atoms with Crippen LogP contribution in [0.15, 0.2) is 36.4 Å². The van der Waals surface area contributed by atoms with Gasteiger partial charge in [-0.25, -0.2) is 0 Å². The van der Waals surface area contributed by atoms with Gasteiger partial charge in [-0.15, -0.1) is 0 Å². The van der Waals surface area contributed by atoms with Crippen molar-refractivity contribution in [1.29, 1.82) is 0 Å². The molecule has 0 saturated carbocycles. The molecule has 0 aliphatic heterocycles. The number of ether oxygens (including phenoxy) is 2. The van der Waals surface area contributed by atoms with Crippen LogP contribution < -0.4 is 32.4 Å². The summed E-state index contributed by atoms with van der Waals surface area (Å²) in [5.74, 6) is 0.843. The molecule has 2 aromatic rings. The van der Waals surface area contributed by atoms with Crippen molar-refractivity contribution in [2.24, 2.45) is 0 Å². The first-order chi connectivity index (χ1) is 12.3. The SMILES string of the molecule is Nc1ccc(N)c(OCC(O)CCC(O)COc2cc(N)ccc2N)c1. The van der Waals surface area contributed by atoms with E-state index in [1.54, 1.807) is 36.4 Å². The van der Waals surface area contributed by atoms with Gasteiger partial charge in [0.25, 0.3) is 0 Å². The molecule has 0 bridgehead atoms. The Balaban J connectivity index is 1.72. The molecule has 26 heavy (non-hydrogen) atoms. The Labute approximate surface area is 152 Å². The molecule has 2 atom stereocenters. The van der Waals surface area contributed by atoms with Crippen molar-refractivity contribution >= 4 is 22.7 Å². The topological polar surface area (TPSA) is 163 Å². The van der Waals surface area contributed by atoms with Gasteiger partial charge in [0, 0.05) is 23.5 Å². The van der Waals surface area contributed by atoms with Crippen LogP contribution in [0.1, 0.15) is 12.8 Å².